The Labute approximate surface area is 174 Å². The molecule has 1 N–H and O–H groups in total. The molecule has 158 valence electrons. The quantitative estimate of drug-likeness (QED) is 0.832. The largest absolute Gasteiger partial charge is 0.332 e. The van der Waals surface area contributed by atoms with Gasteiger partial charge < -0.3 is 5.32 Å². The van der Waals surface area contributed by atoms with Crippen molar-refractivity contribution in [3.8, 4) is 5.69 Å². The molecule has 0 spiro atoms. The lowest BCUT2D eigenvalue weighted by Crippen LogP contribution is -2.66. The van der Waals surface area contributed by atoms with Crippen molar-refractivity contribution in [1.29, 1.82) is 0 Å². The van der Waals surface area contributed by atoms with Gasteiger partial charge in [-0.1, -0.05) is 0 Å². The van der Waals surface area contributed by atoms with Gasteiger partial charge in [0.2, 0.25) is 0 Å². The summed E-state index contributed by atoms with van der Waals surface area (Å²) in [7, 11) is 2.12. The minimum atomic E-state index is -0.655. The van der Waals surface area contributed by atoms with Gasteiger partial charge in [-0.2, -0.15) is 5.10 Å². The van der Waals surface area contributed by atoms with Gasteiger partial charge in [0, 0.05) is 23.6 Å². The van der Waals surface area contributed by atoms with Crippen LogP contribution in [0.25, 0.3) is 5.69 Å². The second-order valence-electron chi connectivity index (χ2n) is 9.56. The van der Waals surface area contributed by atoms with Gasteiger partial charge >= 0.3 is 0 Å². The molecule has 2 aromatic rings. The van der Waals surface area contributed by atoms with E-state index in [0.29, 0.717) is 23.6 Å². The van der Waals surface area contributed by atoms with E-state index in [1.807, 2.05) is 0 Å². The van der Waals surface area contributed by atoms with Gasteiger partial charge in [0.25, 0.3) is 5.91 Å². The number of carbonyl (C=O) groups excluding carboxylic acids is 1. The SMILES string of the molecule is CN1C2CCCC1(NC(=O)c1nn(-c3ccc(F)cc3F)c3c1C[C@H]1C[C@@H]31)CCC2. The predicted octanol–water partition coefficient (Wildman–Crippen LogP) is 3.90. The molecule has 1 aromatic heterocycles. The predicted molar refractivity (Wildman–Crippen MR) is 107 cm³/mol. The van der Waals surface area contributed by atoms with Gasteiger partial charge in [-0.25, -0.2) is 13.5 Å². The smallest absolute Gasteiger partial charge is 0.273 e. The van der Waals surface area contributed by atoms with Gasteiger partial charge in [0.1, 0.15) is 11.5 Å². The van der Waals surface area contributed by atoms with Crippen LogP contribution in [0.2, 0.25) is 0 Å². The highest BCUT2D eigenvalue weighted by molar-refractivity contribution is 5.95. The number of hydrogen-bond acceptors (Lipinski definition) is 3. The molecule has 2 atom stereocenters. The Morgan fingerprint density at radius 1 is 1.23 bits per heavy atom. The molecular weight excluding hydrogens is 386 g/mol. The van der Waals surface area contributed by atoms with Crippen LogP contribution in [0.15, 0.2) is 18.2 Å². The number of piperidine rings is 2. The van der Waals surface area contributed by atoms with Crippen molar-refractivity contribution < 1.29 is 13.6 Å². The van der Waals surface area contributed by atoms with Crippen molar-refractivity contribution in [2.45, 2.75) is 69.0 Å². The van der Waals surface area contributed by atoms with Gasteiger partial charge in [-0.3, -0.25) is 9.69 Å². The number of nitrogens with zero attached hydrogens (tertiary/aromatic N) is 3. The van der Waals surface area contributed by atoms with E-state index in [1.165, 1.54) is 25.0 Å². The van der Waals surface area contributed by atoms with Crippen molar-refractivity contribution in [1.82, 2.24) is 20.0 Å². The number of carbonyl (C=O) groups is 1. The molecule has 3 heterocycles. The van der Waals surface area contributed by atoms with E-state index in [9.17, 15) is 13.6 Å². The van der Waals surface area contributed by atoms with Crippen LogP contribution in [-0.2, 0) is 6.42 Å². The van der Waals surface area contributed by atoms with E-state index < -0.39 is 11.6 Å². The minimum absolute atomic E-state index is 0.164. The third-order valence-corrected chi connectivity index (χ3v) is 7.94. The fraction of sp³-hybridized carbons (Fsp3) is 0.565. The Kier molecular flexibility index (Phi) is 3.92. The summed E-state index contributed by atoms with van der Waals surface area (Å²) < 4.78 is 29.5. The van der Waals surface area contributed by atoms with Crippen LogP contribution in [0.5, 0.6) is 0 Å². The van der Waals surface area contributed by atoms with Crippen molar-refractivity contribution in [3.63, 3.8) is 0 Å². The molecule has 1 amide bonds. The van der Waals surface area contributed by atoms with Gasteiger partial charge in [0.05, 0.1) is 11.4 Å². The van der Waals surface area contributed by atoms with Crippen molar-refractivity contribution in [3.05, 3.63) is 46.8 Å². The number of rotatable bonds is 3. The summed E-state index contributed by atoms with van der Waals surface area (Å²) in [5.41, 5.74) is 2.20. The van der Waals surface area contributed by atoms with Crippen LogP contribution >= 0.6 is 0 Å². The highest BCUT2D eigenvalue weighted by Crippen LogP contribution is 2.57. The van der Waals surface area contributed by atoms with E-state index in [4.69, 9.17) is 0 Å². The van der Waals surface area contributed by atoms with Crippen molar-refractivity contribution in [2.75, 3.05) is 7.05 Å². The van der Waals surface area contributed by atoms with Crippen LogP contribution in [-0.4, -0.2) is 39.3 Å². The second kappa shape index (κ2) is 6.36. The lowest BCUT2D eigenvalue weighted by atomic mass is 9.80. The summed E-state index contributed by atoms with van der Waals surface area (Å²) in [6.45, 7) is 0. The van der Waals surface area contributed by atoms with Gasteiger partial charge in [-0.15, -0.1) is 0 Å². The molecule has 2 aliphatic carbocycles. The Hall–Kier alpha value is -2.28. The first-order valence-corrected chi connectivity index (χ1v) is 11.1. The normalized spacial score (nSPS) is 31.9. The van der Waals surface area contributed by atoms with E-state index in [2.05, 4.69) is 22.4 Å². The number of amides is 1. The Bertz CT molecular complexity index is 1040. The summed E-state index contributed by atoms with van der Waals surface area (Å²) in [6, 6.07) is 4.05. The maximum atomic E-state index is 14.5. The van der Waals surface area contributed by atoms with Gasteiger partial charge in [-0.05, 0) is 76.5 Å². The molecular formula is C23H26F2N4O. The summed E-state index contributed by atoms with van der Waals surface area (Å²) in [6.07, 6.45) is 8.38. The van der Waals surface area contributed by atoms with Crippen LogP contribution in [0.3, 0.4) is 0 Å². The second-order valence-corrected chi connectivity index (χ2v) is 9.56. The highest BCUT2D eigenvalue weighted by Gasteiger charge is 2.51. The first kappa shape index (κ1) is 18.5. The van der Waals surface area contributed by atoms with Crippen LogP contribution in [0.4, 0.5) is 8.78 Å². The molecule has 1 saturated carbocycles. The first-order chi connectivity index (χ1) is 14.5. The average Bonchev–Trinajstić information content (AvgIpc) is 3.19. The lowest BCUT2D eigenvalue weighted by molar-refractivity contribution is -0.0367. The summed E-state index contributed by atoms with van der Waals surface area (Å²) >= 11 is 0. The molecule has 0 unspecified atom stereocenters. The highest BCUT2D eigenvalue weighted by atomic mass is 19.1. The molecule has 2 aliphatic heterocycles. The number of aromatic nitrogens is 2. The van der Waals surface area contributed by atoms with Crippen LogP contribution in [0.1, 0.15) is 72.6 Å². The molecule has 7 heteroatoms. The van der Waals surface area contributed by atoms with Crippen LogP contribution < -0.4 is 5.32 Å². The van der Waals surface area contributed by atoms with E-state index in [1.54, 1.807) is 4.68 Å². The van der Waals surface area contributed by atoms with Crippen LogP contribution in [0, 0.1) is 17.6 Å². The third kappa shape index (κ3) is 2.60. The summed E-state index contributed by atoms with van der Waals surface area (Å²) in [4.78, 5) is 15.8. The maximum absolute atomic E-state index is 14.5. The molecule has 2 saturated heterocycles. The zero-order chi connectivity index (χ0) is 20.6. The topological polar surface area (TPSA) is 50.2 Å². The Balaban J connectivity index is 1.38. The number of halogens is 2. The zero-order valence-electron chi connectivity index (χ0n) is 17.1. The summed E-state index contributed by atoms with van der Waals surface area (Å²) in [5.74, 6) is -0.587. The minimum Gasteiger partial charge on any atom is -0.332 e. The molecule has 0 radical (unpaired) electrons. The molecule has 2 bridgehead atoms. The number of fused-ring (bicyclic) bond motifs is 5. The molecule has 3 fully saturated rings. The monoisotopic (exact) mass is 412 g/mol. The fourth-order valence-corrected chi connectivity index (χ4v) is 6.24. The molecule has 6 rings (SSSR count). The standard InChI is InChI=1S/C23H26F2N4O/c1-28-15-4-2-8-23(28,9-3-5-15)26-22(30)20-17-11-13-10-16(13)21(17)29(27-20)19-7-6-14(24)12-18(19)25/h6-7,12-13,15-16H,2-5,8-11H2,1H3,(H,26,30)/t13-,15?,16-,23?/m1/s1. The van der Waals surface area contributed by atoms with Crippen molar-refractivity contribution >= 4 is 5.91 Å². The van der Waals surface area contributed by atoms with E-state index >= 15 is 0 Å². The zero-order valence-corrected chi connectivity index (χ0v) is 17.1. The lowest BCUT2D eigenvalue weighted by Gasteiger charge is -2.53. The molecule has 30 heavy (non-hydrogen) atoms. The fourth-order valence-electron chi connectivity index (χ4n) is 6.24. The van der Waals surface area contributed by atoms with Gasteiger partial charge in [0.15, 0.2) is 11.5 Å². The molecule has 1 aromatic carbocycles. The molecule has 5 nitrogen and oxygen atoms in total. The number of benzene rings is 1. The number of hydrogen-bond donors (Lipinski definition) is 1. The van der Waals surface area contributed by atoms with E-state index in [0.717, 1.165) is 55.8 Å². The third-order valence-electron chi connectivity index (χ3n) is 7.94. The number of nitrogens with one attached hydrogen (secondary N) is 1. The summed E-state index contributed by atoms with van der Waals surface area (Å²) in [5, 5.41) is 7.92. The maximum Gasteiger partial charge on any atom is 0.273 e. The Morgan fingerprint density at radius 2 is 2.00 bits per heavy atom. The Morgan fingerprint density at radius 3 is 2.73 bits per heavy atom. The molecule has 4 aliphatic rings. The van der Waals surface area contributed by atoms with Crippen molar-refractivity contribution in [2.24, 2.45) is 5.92 Å². The van der Waals surface area contributed by atoms with E-state index in [-0.39, 0.29) is 17.3 Å². The average molecular weight is 412 g/mol. The first-order valence-electron chi connectivity index (χ1n) is 11.1.